The lowest BCUT2D eigenvalue weighted by Gasteiger charge is -2.04. The first-order chi connectivity index (χ1) is 7.89. The van der Waals surface area contributed by atoms with Crippen LogP contribution in [0.15, 0.2) is 23.1 Å². The second-order valence-electron chi connectivity index (χ2n) is 3.21. The van der Waals surface area contributed by atoms with Crippen LogP contribution in [0.1, 0.15) is 5.69 Å². The Balaban J connectivity index is 2.48. The molecule has 2 rings (SSSR count). The molecule has 0 fully saturated rings. The van der Waals surface area contributed by atoms with Crippen molar-refractivity contribution in [3.63, 3.8) is 0 Å². The van der Waals surface area contributed by atoms with E-state index in [0.29, 0.717) is 10.2 Å². The third kappa shape index (κ3) is 2.26. The van der Waals surface area contributed by atoms with Gasteiger partial charge in [0.05, 0.1) is 11.9 Å². The highest BCUT2D eigenvalue weighted by Crippen LogP contribution is 2.32. The number of halogens is 4. The van der Waals surface area contributed by atoms with Gasteiger partial charge in [-0.2, -0.15) is 13.2 Å². The molecule has 0 aliphatic heterocycles. The monoisotopic (exact) mass is 306 g/mol. The maximum Gasteiger partial charge on any atom is 0.432 e. The van der Waals surface area contributed by atoms with Gasteiger partial charge in [-0.3, -0.25) is 0 Å². The summed E-state index contributed by atoms with van der Waals surface area (Å²) in [6.07, 6.45) is -2.31. The van der Waals surface area contributed by atoms with Gasteiger partial charge < -0.3 is 10.7 Å². The Bertz CT molecular complexity index is 549. The fraction of sp³-hybridized carbons (Fsp3) is 0.111. The van der Waals surface area contributed by atoms with Gasteiger partial charge in [0.1, 0.15) is 16.1 Å². The zero-order valence-electron chi connectivity index (χ0n) is 8.22. The molecule has 0 amide bonds. The van der Waals surface area contributed by atoms with Crippen molar-refractivity contribution in [1.82, 2.24) is 15.0 Å². The fourth-order valence-electron chi connectivity index (χ4n) is 1.26. The largest absolute Gasteiger partial charge is 0.432 e. The molecule has 8 heteroatoms. The highest BCUT2D eigenvalue weighted by atomic mass is 79.9. The van der Waals surface area contributed by atoms with Crippen LogP contribution in [0.25, 0.3) is 11.4 Å². The Hall–Kier alpha value is -1.57. The molecule has 0 aliphatic rings. The van der Waals surface area contributed by atoms with E-state index >= 15 is 0 Å². The van der Waals surface area contributed by atoms with E-state index in [1.807, 2.05) is 0 Å². The Morgan fingerprint density at radius 3 is 2.59 bits per heavy atom. The van der Waals surface area contributed by atoms with Crippen LogP contribution in [0.3, 0.4) is 0 Å². The summed E-state index contributed by atoms with van der Waals surface area (Å²) in [5, 5.41) is 0. The first kappa shape index (κ1) is 11.9. The van der Waals surface area contributed by atoms with Gasteiger partial charge in [-0.15, -0.1) is 0 Å². The van der Waals surface area contributed by atoms with Crippen molar-refractivity contribution in [2.24, 2.45) is 0 Å². The highest BCUT2D eigenvalue weighted by molar-refractivity contribution is 9.10. The van der Waals surface area contributed by atoms with E-state index in [2.05, 4.69) is 30.9 Å². The fourth-order valence-corrected chi connectivity index (χ4v) is 1.59. The quantitative estimate of drug-likeness (QED) is 0.796. The van der Waals surface area contributed by atoms with E-state index in [0.717, 1.165) is 6.20 Å². The summed E-state index contributed by atoms with van der Waals surface area (Å²) in [5.41, 5.74) is 5.36. The minimum atomic E-state index is -4.45. The van der Waals surface area contributed by atoms with Crippen molar-refractivity contribution in [2.75, 3.05) is 5.73 Å². The lowest BCUT2D eigenvalue weighted by Crippen LogP contribution is -2.05. The van der Waals surface area contributed by atoms with Gasteiger partial charge in [-0.1, -0.05) is 0 Å². The number of hydrogen-bond acceptors (Lipinski definition) is 3. The van der Waals surface area contributed by atoms with Crippen LogP contribution in [0.2, 0.25) is 0 Å². The van der Waals surface area contributed by atoms with Gasteiger partial charge in [-0.25, -0.2) is 9.97 Å². The van der Waals surface area contributed by atoms with Crippen molar-refractivity contribution in [3.05, 3.63) is 28.8 Å². The van der Waals surface area contributed by atoms with E-state index in [4.69, 9.17) is 5.73 Å². The number of nitrogens with one attached hydrogen (secondary N) is 1. The molecule has 0 aromatic carbocycles. The number of H-pyrrole nitrogens is 1. The molecule has 2 aromatic rings. The van der Waals surface area contributed by atoms with Crippen molar-refractivity contribution in [2.45, 2.75) is 6.18 Å². The summed E-state index contributed by atoms with van der Waals surface area (Å²) in [6.45, 7) is 0. The number of aromatic amines is 1. The molecule has 0 aliphatic carbocycles. The molecule has 0 atom stereocenters. The van der Waals surface area contributed by atoms with E-state index in [-0.39, 0.29) is 11.5 Å². The van der Waals surface area contributed by atoms with Gasteiger partial charge in [0.15, 0.2) is 0 Å². The maximum atomic E-state index is 12.4. The number of nitrogens with zero attached hydrogens (tertiary/aromatic N) is 2. The maximum absolute atomic E-state index is 12.4. The van der Waals surface area contributed by atoms with E-state index in [1.54, 1.807) is 0 Å². The van der Waals surface area contributed by atoms with Crippen LogP contribution in [0.5, 0.6) is 0 Å². The second kappa shape index (κ2) is 4.02. The number of hydrogen-bond donors (Lipinski definition) is 2. The zero-order chi connectivity index (χ0) is 12.6. The molecule has 17 heavy (non-hydrogen) atoms. The highest BCUT2D eigenvalue weighted by Gasteiger charge is 2.33. The number of imidazole rings is 1. The van der Waals surface area contributed by atoms with Crippen LogP contribution in [0.4, 0.5) is 18.9 Å². The summed E-state index contributed by atoms with van der Waals surface area (Å²) in [6, 6.07) is 1.49. The molecule has 0 spiro atoms. The summed E-state index contributed by atoms with van der Waals surface area (Å²) in [4.78, 5) is 9.67. The molecule has 90 valence electrons. The molecule has 0 saturated heterocycles. The number of anilines is 1. The Morgan fingerprint density at radius 2 is 2.00 bits per heavy atom. The number of pyridine rings is 1. The minimum absolute atomic E-state index is 0.0536. The zero-order valence-corrected chi connectivity index (χ0v) is 9.80. The first-order valence-electron chi connectivity index (χ1n) is 4.42. The Kier molecular flexibility index (Phi) is 2.82. The first-order valence-corrected chi connectivity index (χ1v) is 5.21. The van der Waals surface area contributed by atoms with Gasteiger partial charge in [-0.05, 0) is 22.0 Å². The molecule has 0 radical (unpaired) electrons. The van der Waals surface area contributed by atoms with E-state index < -0.39 is 11.9 Å². The normalized spacial score (nSPS) is 11.8. The van der Waals surface area contributed by atoms with Crippen molar-refractivity contribution < 1.29 is 13.2 Å². The summed E-state index contributed by atoms with van der Waals surface area (Å²) in [7, 11) is 0. The third-order valence-electron chi connectivity index (χ3n) is 2.08. The van der Waals surface area contributed by atoms with Crippen LogP contribution >= 0.6 is 15.9 Å². The number of aromatic nitrogens is 3. The molecule has 3 N–H and O–H groups in total. The van der Waals surface area contributed by atoms with Gasteiger partial charge >= 0.3 is 6.18 Å². The summed E-state index contributed by atoms with van der Waals surface area (Å²) < 4.78 is 37.5. The number of nitrogens with two attached hydrogens (primary N) is 1. The third-order valence-corrected chi connectivity index (χ3v) is 2.71. The van der Waals surface area contributed by atoms with Crippen LogP contribution in [0, 0.1) is 0 Å². The Morgan fingerprint density at radius 1 is 1.29 bits per heavy atom. The van der Waals surface area contributed by atoms with E-state index in [9.17, 15) is 13.2 Å². The average Bonchev–Trinajstić information content (AvgIpc) is 2.70. The number of alkyl halides is 3. The molecular weight excluding hydrogens is 301 g/mol. The lowest BCUT2D eigenvalue weighted by molar-refractivity contribution is -0.140. The van der Waals surface area contributed by atoms with Gasteiger partial charge in [0, 0.05) is 11.8 Å². The molecule has 0 bridgehead atoms. The topological polar surface area (TPSA) is 67.6 Å². The Labute approximate surface area is 102 Å². The molecule has 0 unspecified atom stereocenters. The van der Waals surface area contributed by atoms with Gasteiger partial charge in [0.25, 0.3) is 0 Å². The molecule has 2 heterocycles. The second-order valence-corrected chi connectivity index (χ2v) is 3.96. The van der Waals surface area contributed by atoms with Crippen molar-refractivity contribution in [3.8, 4) is 11.4 Å². The summed E-state index contributed by atoms with van der Waals surface area (Å²) >= 11 is 3.09. The predicted octanol–water partition coefficient (Wildman–Crippen LogP) is 2.84. The smallest absolute Gasteiger partial charge is 0.396 e. The summed E-state index contributed by atoms with van der Waals surface area (Å²) in [5.74, 6) is 0.0536. The molecular formula is C9H6BrF3N4. The molecule has 0 saturated carbocycles. The van der Waals surface area contributed by atoms with E-state index in [1.165, 1.54) is 12.3 Å². The van der Waals surface area contributed by atoms with Crippen LogP contribution < -0.4 is 5.73 Å². The minimum Gasteiger partial charge on any atom is -0.396 e. The lowest BCUT2D eigenvalue weighted by atomic mass is 10.2. The van der Waals surface area contributed by atoms with Crippen LogP contribution in [-0.2, 0) is 6.18 Å². The van der Waals surface area contributed by atoms with Crippen molar-refractivity contribution >= 4 is 21.6 Å². The number of nitrogen functional groups attached to an aromatic ring is 1. The van der Waals surface area contributed by atoms with Crippen molar-refractivity contribution in [1.29, 1.82) is 0 Å². The standard InChI is InChI=1S/C9H6BrF3N4/c10-7-6(14)4(1-2-15-7)8-16-3-5(17-8)9(11,12)13/h1-3H,14H2,(H,16,17). The average molecular weight is 307 g/mol. The predicted molar refractivity (Wildman–Crippen MR) is 58.9 cm³/mol. The number of rotatable bonds is 1. The van der Waals surface area contributed by atoms with Gasteiger partial charge in [0.2, 0.25) is 0 Å². The molecule has 4 nitrogen and oxygen atoms in total. The van der Waals surface area contributed by atoms with Crippen LogP contribution in [-0.4, -0.2) is 15.0 Å². The SMILES string of the molecule is Nc1c(-c2ncc(C(F)(F)F)[nH]2)ccnc1Br. The molecule has 2 aromatic heterocycles.